The number of nitrogens with zero attached hydrogens (tertiary/aromatic N) is 2. The van der Waals surface area contributed by atoms with E-state index >= 15 is 0 Å². The van der Waals surface area contributed by atoms with E-state index in [0.717, 1.165) is 18.2 Å². The third-order valence-electron chi connectivity index (χ3n) is 2.45. The molecule has 1 heterocycles. The molecule has 2 aromatic rings. The number of fused-ring (bicyclic) bond motifs is 1. The van der Waals surface area contributed by atoms with Crippen LogP contribution in [0, 0.1) is 0 Å². The Bertz CT molecular complexity index is 739. The van der Waals surface area contributed by atoms with Crippen LogP contribution in [0.4, 0.5) is 30.7 Å². The van der Waals surface area contributed by atoms with Gasteiger partial charge in [0.1, 0.15) is 11.3 Å². The quantitative estimate of drug-likeness (QED) is 0.482. The molecule has 0 aliphatic carbocycles. The van der Waals surface area contributed by atoms with Crippen molar-refractivity contribution in [2.75, 3.05) is 6.61 Å². The van der Waals surface area contributed by atoms with Crippen molar-refractivity contribution in [1.82, 2.24) is 8.96 Å². The number of ether oxygens (including phenoxy) is 1. The summed E-state index contributed by atoms with van der Waals surface area (Å²) >= 11 is 9.89. The molecule has 134 valence electrons. The summed E-state index contributed by atoms with van der Waals surface area (Å²) in [6.07, 6.45) is -9.74. The highest BCUT2D eigenvalue weighted by atomic mass is 35.5. The van der Waals surface area contributed by atoms with E-state index < -0.39 is 40.0 Å². The molecular formula is C11H5Cl2F7N2OS. The van der Waals surface area contributed by atoms with Crippen molar-refractivity contribution in [3.63, 3.8) is 0 Å². The smallest absolute Gasteiger partial charge is 0.450 e. The Kier molecular flexibility index (Phi) is 5.09. The lowest BCUT2D eigenvalue weighted by Gasteiger charge is -2.14. The van der Waals surface area contributed by atoms with Crippen LogP contribution in [0.3, 0.4) is 0 Å². The first-order valence-corrected chi connectivity index (χ1v) is 7.35. The van der Waals surface area contributed by atoms with E-state index in [2.05, 4.69) is 9.72 Å². The van der Waals surface area contributed by atoms with Crippen molar-refractivity contribution in [2.24, 2.45) is 0 Å². The van der Waals surface area contributed by atoms with Gasteiger partial charge in [0.15, 0.2) is 6.61 Å². The average molecular weight is 417 g/mol. The minimum Gasteiger partial charge on any atom is -0.482 e. The zero-order chi connectivity index (χ0) is 18.3. The van der Waals surface area contributed by atoms with Crippen LogP contribution < -0.4 is 4.74 Å². The Balaban J connectivity index is 2.58. The second-order valence-corrected chi connectivity index (χ2v) is 7.09. The van der Waals surface area contributed by atoms with Crippen LogP contribution in [0.1, 0.15) is 5.82 Å². The fourth-order valence-corrected chi connectivity index (χ4v) is 2.80. The van der Waals surface area contributed by atoms with Gasteiger partial charge in [0.25, 0.3) is 0 Å². The molecule has 0 radical (unpaired) electrons. The molecule has 0 aliphatic heterocycles. The van der Waals surface area contributed by atoms with E-state index in [1.807, 2.05) is 0 Å². The first-order chi connectivity index (χ1) is 10.8. The number of aromatic nitrogens is 2. The van der Waals surface area contributed by atoms with Crippen molar-refractivity contribution in [2.45, 2.75) is 16.3 Å². The number of halogens is 9. The number of rotatable bonds is 4. The van der Waals surface area contributed by atoms with E-state index in [1.54, 1.807) is 0 Å². The largest absolute Gasteiger partial charge is 0.482 e. The Morgan fingerprint density at radius 3 is 2.21 bits per heavy atom. The lowest BCUT2D eigenvalue weighted by molar-refractivity contribution is -0.153. The average Bonchev–Trinajstić information content (AvgIpc) is 2.73. The summed E-state index contributed by atoms with van der Waals surface area (Å²) in [4.78, 5) is 3.21. The van der Waals surface area contributed by atoms with Crippen LogP contribution in [0.25, 0.3) is 11.0 Å². The van der Waals surface area contributed by atoms with E-state index in [4.69, 9.17) is 23.2 Å². The molecule has 0 amide bonds. The molecule has 0 saturated carbocycles. The number of imidazole rings is 1. The molecular weight excluding hydrogens is 412 g/mol. The summed E-state index contributed by atoms with van der Waals surface area (Å²) < 4.78 is 90.7. The van der Waals surface area contributed by atoms with E-state index in [9.17, 15) is 30.7 Å². The molecule has 2 rings (SSSR count). The molecule has 1 aromatic carbocycles. The third-order valence-corrected chi connectivity index (χ3v) is 3.62. The highest BCUT2D eigenvalue weighted by Crippen LogP contribution is 2.44. The van der Waals surface area contributed by atoms with Crippen LogP contribution in [0.2, 0.25) is 0 Å². The summed E-state index contributed by atoms with van der Waals surface area (Å²) in [7, 11) is 0. The summed E-state index contributed by atoms with van der Waals surface area (Å²) in [5.74, 6) is -2.16. The Morgan fingerprint density at radius 2 is 1.71 bits per heavy atom. The minimum absolute atomic E-state index is 0.246. The van der Waals surface area contributed by atoms with Gasteiger partial charge < -0.3 is 4.74 Å². The highest BCUT2D eigenvalue weighted by Gasteiger charge is 2.41. The molecule has 24 heavy (non-hydrogen) atoms. The fraction of sp³-hybridized carbons (Fsp3) is 0.364. The first kappa shape index (κ1) is 19.3. The molecule has 0 fully saturated rings. The standard InChI is InChI=1S/C11H5Cl2F7N2OS/c12-11(13,20)24-22-5-2-1-3-6(23-4-9(14,15)16)7(5)21-8(22)10(17,18)19/h1-3H,4H2. The number of hydrogen-bond donors (Lipinski definition) is 0. The summed E-state index contributed by atoms with van der Waals surface area (Å²) in [5.41, 5.74) is -0.908. The predicted molar refractivity (Wildman–Crippen MR) is 74.8 cm³/mol. The SMILES string of the molecule is FC(F)(F)COc1cccc2c1nc(C(F)(F)F)n2SC(F)(Cl)Cl. The van der Waals surface area contributed by atoms with Crippen LogP contribution >= 0.6 is 35.1 Å². The molecule has 0 aliphatic rings. The third kappa shape index (κ3) is 4.73. The first-order valence-electron chi connectivity index (χ1n) is 5.82. The zero-order valence-electron chi connectivity index (χ0n) is 11.1. The Labute approximate surface area is 143 Å². The van der Waals surface area contributed by atoms with Crippen LogP contribution in [0.15, 0.2) is 18.2 Å². The second kappa shape index (κ2) is 6.34. The van der Waals surface area contributed by atoms with Gasteiger partial charge in [-0.15, -0.1) is 0 Å². The van der Waals surface area contributed by atoms with Crippen molar-refractivity contribution >= 4 is 46.2 Å². The zero-order valence-corrected chi connectivity index (χ0v) is 13.4. The van der Waals surface area contributed by atoms with Gasteiger partial charge in [0.05, 0.1) is 5.52 Å². The van der Waals surface area contributed by atoms with Gasteiger partial charge in [-0.3, -0.25) is 3.97 Å². The van der Waals surface area contributed by atoms with E-state index in [0.29, 0.717) is 0 Å². The number of para-hydroxylation sites is 1. The van der Waals surface area contributed by atoms with Crippen molar-refractivity contribution in [3.05, 3.63) is 24.0 Å². The summed E-state index contributed by atoms with van der Waals surface area (Å²) in [6, 6.07) is 3.19. The van der Waals surface area contributed by atoms with Gasteiger partial charge in [0, 0.05) is 11.9 Å². The van der Waals surface area contributed by atoms with Gasteiger partial charge in [0.2, 0.25) is 5.82 Å². The van der Waals surface area contributed by atoms with Gasteiger partial charge in [-0.2, -0.15) is 30.7 Å². The fourth-order valence-electron chi connectivity index (χ4n) is 1.70. The van der Waals surface area contributed by atoms with Crippen LogP contribution in [-0.2, 0) is 6.18 Å². The van der Waals surface area contributed by atoms with Crippen molar-refractivity contribution in [1.29, 1.82) is 0 Å². The molecule has 13 heteroatoms. The molecule has 1 aromatic heterocycles. The maximum atomic E-state index is 13.4. The molecule has 0 atom stereocenters. The lowest BCUT2D eigenvalue weighted by Crippen LogP contribution is -2.19. The monoisotopic (exact) mass is 416 g/mol. The molecule has 0 N–H and O–H groups in total. The predicted octanol–water partition coefficient (Wildman–Crippen LogP) is 5.55. The van der Waals surface area contributed by atoms with Gasteiger partial charge >= 0.3 is 16.3 Å². The maximum Gasteiger partial charge on any atom is 0.450 e. The topological polar surface area (TPSA) is 27.1 Å². The van der Waals surface area contributed by atoms with Crippen LogP contribution in [0.5, 0.6) is 5.75 Å². The van der Waals surface area contributed by atoms with Crippen molar-refractivity contribution in [3.8, 4) is 5.75 Å². The molecule has 0 spiro atoms. The Morgan fingerprint density at radius 1 is 1.08 bits per heavy atom. The maximum absolute atomic E-state index is 13.4. The lowest BCUT2D eigenvalue weighted by atomic mass is 10.3. The normalized spacial score (nSPS) is 13.5. The van der Waals surface area contributed by atoms with Crippen LogP contribution in [-0.4, -0.2) is 25.7 Å². The minimum atomic E-state index is -5.04. The molecule has 0 bridgehead atoms. The number of hydrogen-bond acceptors (Lipinski definition) is 3. The molecule has 3 nitrogen and oxygen atoms in total. The van der Waals surface area contributed by atoms with Gasteiger partial charge in [-0.05, 0) is 12.1 Å². The Hall–Kier alpha value is -1.07. The van der Waals surface area contributed by atoms with E-state index in [1.165, 1.54) is 0 Å². The summed E-state index contributed by atoms with van der Waals surface area (Å²) in [5, 5.41) is 0. The van der Waals surface area contributed by atoms with Gasteiger partial charge in [-0.25, -0.2) is 4.98 Å². The van der Waals surface area contributed by atoms with Crippen molar-refractivity contribution < 1.29 is 35.5 Å². The summed E-state index contributed by atoms with van der Waals surface area (Å²) in [6.45, 7) is -1.73. The van der Waals surface area contributed by atoms with E-state index in [-0.39, 0.29) is 21.4 Å². The highest BCUT2D eigenvalue weighted by molar-refractivity contribution is 8.01. The number of alkyl halides is 9. The number of benzene rings is 1. The van der Waals surface area contributed by atoms with Gasteiger partial charge in [-0.1, -0.05) is 29.3 Å². The second-order valence-electron chi connectivity index (χ2n) is 4.29. The molecule has 0 saturated heterocycles. The molecule has 0 unspecified atom stereocenters.